The lowest BCUT2D eigenvalue weighted by molar-refractivity contribution is 0.312. The van der Waals surface area contributed by atoms with Crippen molar-refractivity contribution in [3.63, 3.8) is 0 Å². The van der Waals surface area contributed by atoms with Crippen LogP contribution in [0.25, 0.3) is 0 Å². The predicted molar refractivity (Wildman–Crippen MR) is 82.8 cm³/mol. The minimum Gasteiger partial charge on any atom is -0.493 e. The second-order valence-corrected chi connectivity index (χ2v) is 6.16. The Bertz CT molecular complexity index is 446. The van der Waals surface area contributed by atoms with E-state index in [0.29, 0.717) is 5.92 Å². The first-order valence-corrected chi connectivity index (χ1v) is 7.10. The maximum Gasteiger partial charge on any atom is 0.122 e. The molecule has 0 aromatic heterocycles. The third-order valence-corrected chi connectivity index (χ3v) is 3.29. The molecule has 0 amide bonds. The molecule has 1 aromatic rings. The third kappa shape index (κ3) is 4.31. The Labute approximate surface area is 118 Å². The van der Waals surface area contributed by atoms with E-state index in [-0.39, 0.29) is 5.41 Å². The van der Waals surface area contributed by atoms with Crippen molar-refractivity contribution >= 4 is 0 Å². The molecule has 0 saturated heterocycles. The predicted octanol–water partition coefficient (Wildman–Crippen LogP) is 4.90. The summed E-state index contributed by atoms with van der Waals surface area (Å²) >= 11 is 0. The lowest BCUT2D eigenvalue weighted by Gasteiger charge is -2.23. The second kappa shape index (κ2) is 6.66. The number of terminal acetylenes is 1. The number of hydrogen-bond acceptors (Lipinski definition) is 1. The van der Waals surface area contributed by atoms with E-state index in [4.69, 9.17) is 11.2 Å². The van der Waals surface area contributed by atoms with Crippen LogP contribution in [0.15, 0.2) is 18.2 Å². The molecule has 1 nitrogen and oxygen atoms in total. The van der Waals surface area contributed by atoms with Gasteiger partial charge in [-0.2, -0.15) is 0 Å². The van der Waals surface area contributed by atoms with Crippen molar-refractivity contribution in [1.29, 1.82) is 0 Å². The summed E-state index contributed by atoms with van der Waals surface area (Å²) in [5.41, 5.74) is 2.71. The molecule has 0 aliphatic carbocycles. The van der Waals surface area contributed by atoms with E-state index < -0.39 is 0 Å². The average molecular weight is 258 g/mol. The van der Waals surface area contributed by atoms with Crippen LogP contribution in [0.4, 0.5) is 0 Å². The van der Waals surface area contributed by atoms with E-state index in [1.54, 1.807) is 0 Å². The highest BCUT2D eigenvalue weighted by Gasteiger charge is 2.18. The highest BCUT2D eigenvalue weighted by molar-refractivity contribution is 5.42. The molecule has 1 rings (SSSR count). The molecule has 104 valence electrons. The van der Waals surface area contributed by atoms with Gasteiger partial charge in [0.15, 0.2) is 0 Å². The van der Waals surface area contributed by atoms with Gasteiger partial charge in [-0.25, -0.2) is 0 Å². The van der Waals surface area contributed by atoms with Crippen molar-refractivity contribution in [3.8, 4) is 18.1 Å². The van der Waals surface area contributed by atoms with Crippen LogP contribution in [0.3, 0.4) is 0 Å². The standard InChI is InChI=1S/C18H26O/c1-7-9-14(3)16-13-15(18(4,5)6)10-11-17(16)19-12-8-2/h1,10-11,13-14H,8-9,12H2,2-6H3. The van der Waals surface area contributed by atoms with Crippen molar-refractivity contribution in [2.75, 3.05) is 6.61 Å². The summed E-state index contributed by atoms with van der Waals surface area (Å²) in [6.45, 7) is 11.7. The normalized spacial score (nSPS) is 12.8. The number of ether oxygens (including phenoxy) is 1. The third-order valence-electron chi connectivity index (χ3n) is 3.29. The van der Waals surface area contributed by atoms with Crippen LogP contribution < -0.4 is 4.74 Å². The first kappa shape index (κ1) is 15.6. The van der Waals surface area contributed by atoms with Crippen LogP contribution in [-0.4, -0.2) is 6.61 Å². The van der Waals surface area contributed by atoms with E-state index >= 15 is 0 Å². The zero-order valence-corrected chi connectivity index (χ0v) is 12.9. The number of hydrogen-bond donors (Lipinski definition) is 0. The molecule has 0 heterocycles. The average Bonchev–Trinajstić information content (AvgIpc) is 2.35. The van der Waals surface area contributed by atoms with Crippen LogP contribution >= 0.6 is 0 Å². The molecule has 0 fully saturated rings. The van der Waals surface area contributed by atoms with Gasteiger partial charge in [0.1, 0.15) is 5.75 Å². The highest BCUT2D eigenvalue weighted by Crippen LogP contribution is 2.33. The van der Waals surface area contributed by atoms with E-state index in [0.717, 1.165) is 25.2 Å². The molecule has 0 aliphatic heterocycles. The summed E-state index contributed by atoms with van der Waals surface area (Å²) in [6.07, 6.45) is 7.21. The minimum atomic E-state index is 0.147. The fraction of sp³-hybridized carbons (Fsp3) is 0.556. The van der Waals surface area contributed by atoms with Crippen molar-refractivity contribution < 1.29 is 4.74 Å². The monoisotopic (exact) mass is 258 g/mol. The van der Waals surface area contributed by atoms with Crippen LogP contribution in [0, 0.1) is 12.3 Å². The van der Waals surface area contributed by atoms with Crippen LogP contribution in [0.2, 0.25) is 0 Å². The lowest BCUT2D eigenvalue weighted by atomic mass is 9.84. The van der Waals surface area contributed by atoms with Gasteiger partial charge in [-0.15, -0.1) is 12.3 Å². The van der Waals surface area contributed by atoms with Gasteiger partial charge < -0.3 is 4.74 Å². The maximum atomic E-state index is 5.85. The van der Waals surface area contributed by atoms with Crippen molar-refractivity contribution in [2.45, 2.75) is 58.8 Å². The van der Waals surface area contributed by atoms with Crippen LogP contribution in [-0.2, 0) is 5.41 Å². The van der Waals surface area contributed by atoms with E-state index in [9.17, 15) is 0 Å². The molecule has 0 spiro atoms. The molecule has 0 radical (unpaired) electrons. The Morgan fingerprint density at radius 2 is 2.00 bits per heavy atom. The van der Waals surface area contributed by atoms with Crippen molar-refractivity contribution in [1.82, 2.24) is 0 Å². The number of rotatable bonds is 5. The quantitative estimate of drug-likeness (QED) is 0.683. The zero-order valence-electron chi connectivity index (χ0n) is 12.9. The maximum absolute atomic E-state index is 5.85. The molecule has 1 aromatic carbocycles. The molecule has 0 saturated carbocycles. The Balaban J connectivity index is 3.15. The lowest BCUT2D eigenvalue weighted by Crippen LogP contribution is -2.12. The van der Waals surface area contributed by atoms with Gasteiger partial charge in [0.25, 0.3) is 0 Å². The molecule has 1 unspecified atom stereocenters. The molecule has 0 N–H and O–H groups in total. The fourth-order valence-electron chi connectivity index (χ4n) is 2.03. The first-order valence-electron chi connectivity index (χ1n) is 7.10. The van der Waals surface area contributed by atoms with Crippen LogP contribution in [0.5, 0.6) is 5.75 Å². The second-order valence-electron chi connectivity index (χ2n) is 6.16. The summed E-state index contributed by atoms with van der Waals surface area (Å²) in [7, 11) is 0. The van der Waals surface area contributed by atoms with Gasteiger partial charge in [0.2, 0.25) is 0 Å². The first-order chi connectivity index (χ1) is 8.90. The Morgan fingerprint density at radius 1 is 1.32 bits per heavy atom. The molecule has 1 heteroatoms. The smallest absolute Gasteiger partial charge is 0.122 e. The summed E-state index contributed by atoms with van der Waals surface area (Å²) in [5, 5.41) is 0. The SMILES string of the molecule is C#CCC(C)c1cc(C(C)(C)C)ccc1OCCC. The van der Waals surface area contributed by atoms with Gasteiger partial charge in [-0.05, 0) is 34.9 Å². The Morgan fingerprint density at radius 3 is 2.53 bits per heavy atom. The summed E-state index contributed by atoms with van der Waals surface area (Å²) < 4.78 is 5.85. The van der Waals surface area contributed by atoms with E-state index in [1.165, 1.54) is 11.1 Å². The van der Waals surface area contributed by atoms with Gasteiger partial charge >= 0.3 is 0 Å². The molecule has 0 aliphatic rings. The topological polar surface area (TPSA) is 9.23 Å². The summed E-state index contributed by atoms with van der Waals surface area (Å²) in [4.78, 5) is 0. The van der Waals surface area contributed by atoms with Gasteiger partial charge in [-0.3, -0.25) is 0 Å². The van der Waals surface area contributed by atoms with E-state index in [2.05, 4.69) is 58.7 Å². The van der Waals surface area contributed by atoms with E-state index in [1.807, 2.05) is 0 Å². The largest absolute Gasteiger partial charge is 0.493 e. The summed E-state index contributed by atoms with van der Waals surface area (Å²) in [5.74, 6) is 4.07. The molecule has 0 bridgehead atoms. The van der Waals surface area contributed by atoms with Crippen molar-refractivity contribution in [3.05, 3.63) is 29.3 Å². The fourth-order valence-corrected chi connectivity index (χ4v) is 2.03. The van der Waals surface area contributed by atoms with Gasteiger partial charge in [0.05, 0.1) is 6.61 Å². The van der Waals surface area contributed by atoms with Gasteiger partial charge in [0, 0.05) is 6.42 Å². The zero-order chi connectivity index (χ0) is 14.5. The Hall–Kier alpha value is -1.42. The number of benzene rings is 1. The van der Waals surface area contributed by atoms with Crippen molar-refractivity contribution in [2.24, 2.45) is 0 Å². The molecule has 19 heavy (non-hydrogen) atoms. The highest BCUT2D eigenvalue weighted by atomic mass is 16.5. The summed E-state index contributed by atoms with van der Waals surface area (Å²) in [6, 6.07) is 6.52. The molecule has 1 atom stereocenters. The molecular weight excluding hydrogens is 232 g/mol. The Kier molecular flexibility index (Phi) is 5.48. The molecular formula is C18H26O. The van der Waals surface area contributed by atoms with Gasteiger partial charge in [-0.1, -0.05) is 46.8 Å². The minimum absolute atomic E-state index is 0.147. The van der Waals surface area contributed by atoms with Crippen LogP contribution in [0.1, 0.15) is 64.5 Å².